The number of hydrogen-bond donors (Lipinski definition) is 2. The summed E-state index contributed by atoms with van der Waals surface area (Å²) in [5.74, 6) is -2.09. The molecule has 102 valence electrons. The second kappa shape index (κ2) is 4.80. The number of rotatable bonds is 4. The van der Waals surface area contributed by atoms with Crippen molar-refractivity contribution in [2.75, 3.05) is 0 Å². The molecule has 0 aliphatic carbocycles. The Morgan fingerprint density at radius 1 is 1.40 bits per heavy atom. The molecular formula is C11H8N4O5. The molecule has 2 rings (SSSR count). The van der Waals surface area contributed by atoms with E-state index in [1.54, 1.807) is 0 Å². The minimum Gasteiger partial charge on any atom is -0.477 e. The van der Waals surface area contributed by atoms with E-state index in [2.05, 4.69) is 5.10 Å². The lowest BCUT2D eigenvalue weighted by Gasteiger charge is -2.03. The van der Waals surface area contributed by atoms with E-state index >= 15 is 0 Å². The molecule has 3 N–H and O–H groups in total. The molecule has 0 aliphatic heterocycles. The highest BCUT2D eigenvalue weighted by molar-refractivity contribution is 5.93. The van der Waals surface area contributed by atoms with E-state index in [1.807, 2.05) is 0 Å². The van der Waals surface area contributed by atoms with Crippen molar-refractivity contribution in [3.05, 3.63) is 51.8 Å². The molecule has 1 heterocycles. The van der Waals surface area contributed by atoms with E-state index in [-0.39, 0.29) is 11.3 Å². The van der Waals surface area contributed by atoms with Crippen LogP contribution in [0, 0.1) is 10.1 Å². The fourth-order valence-electron chi connectivity index (χ4n) is 1.59. The van der Waals surface area contributed by atoms with Gasteiger partial charge in [0.1, 0.15) is 5.56 Å². The highest BCUT2D eigenvalue weighted by Crippen LogP contribution is 2.22. The average molecular weight is 276 g/mol. The van der Waals surface area contributed by atoms with Crippen LogP contribution < -0.4 is 5.73 Å². The predicted molar refractivity (Wildman–Crippen MR) is 65.7 cm³/mol. The molecule has 1 aromatic carbocycles. The number of aromatic carboxylic acids is 1. The Hall–Kier alpha value is -3.23. The van der Waals surface area contributed by atoms with Crippen molar-refractivity contribution in [2.45, 2.75) is 0 Å². The van der Waals surface area contributed by atoms with Gasteiger partial charge in [0, 0.05) is 12.3 Å². The number of nitrogens with zero attached hydrogens (tertiary/aromatic N) is 3. The third-order valence-corrected chi connectivity index (χ3v) is 2.54. The van der Waals surface area contributed by atoms with Gasteiger partial charge in [-0.2, -0.15) is 5.10 Å². The number of carbonyl (C=O) groups is 2. The van der Waals surface area contributed by atoms with Gasteiger partial charge in [0.05, 0.1) is 22.4 Å². The average Bonchev–Trinajstić information content (AvgIpc) is 2.87. The first kappa shape index (κ1) is 13.2. The lowest BCUT2D eigenvalue weighted by Crippen LogP contribution is -2.09. The molecule has 9 heteroatoms. The Kier molecular flexibility index (Phi) is 3.17. The third kappa shape index (κ3) is 2.32. The molecule has 1 aromatic heterocycles. The van der Waals surface area contributed by atoms with Gasteiger partial charge in [0.25, 0.3) is 11.6 Å². The van der Waals surface area contributed by atoms with Gasteiger partial charge >= 0.3 is 5.97 Å². The Morgan fingerprint density at radius 3 is 2.60 bits per heavy atom. The Balaban J connectivity index is 2.52. The smallest absolute Gasteiger partial charge is 0.342 e. The molecule has 0 atom stereocenters. The molecule has 1 amide bonds. The van der Waals surface area contributed by atoms with Crippen molar-refractivity contribution in [1.82, 2.24) is 9.78 Å². The van der Waals surface area contributed by atoms with Gasteiger partial charge in [0.2, 0.25) is 0 Å². The summed E-state index contributed by atoms with van der Waals surface area (Å²) in [7, 11) is 0. The molecule has 0 unspecified atom stereocenters. The maximum absolute atomic E-state index is 10.9. The fourth-order valence-corrected chi connectivity index (χ4v) is 1.59. The van der Waals surface area contributed by atoms with E-state index in [0.717, 1.165) is 12.1 Å². The number of primary amides is 1. The minimum atomic E-state index is -1.40. The number of amides is 1. The number of benzene rings is 1. The molecule has 0 fully saturated rings. The summed E-state index contributed by atoms with van der Waals surface area (Å²) in [6, 6.07) is 3.50. The van der Waals surface area contributed by atoms with E-state index in [0.29, 0.717) is 0 Å². The van der Waals surface area contributed by atoms with Crippen LogP contribution in [0.1, 0.15) is 20.7 Å². The van der Waals surface area contributed by atoms with Crippen LogP contribution in [0.3, 0.4) is 0 Å². The Labute approximate surface area is 111 Å². The molecule has 2 aromatic rings. The number of carboxylic acid groups (broad SMARTS) is 1. The van der Waals surface area contributed by atoms with Crippen LogP contribution in [0.4, 0.5) is 5.69 Å². The topological polar surface area (TPSA) is 141 Å². The third-order valence-electron chi connectivity index (χ3n) is 2.54. The minimum absolute atomic E-state index is 0.134. The molecule has 0 spiro atoms. The number of nitro groups is 1. The molecule has 9 nitrogen and oxygen atoms in total. The maximum atomic E-state index is 10.9. The van der Waals surface area contributed by atoms with Crippen molar-refractivity contribution < 1.29 is 19.6 Å². The maximum Gasteiger partial charge on any atom is 0.342 e. The largest absolute Gasteiger partial charge is 0.477 e. The van der Waals surface area contributed by atoms with Gasteiger partial charge in [-0.15, -0.1) is 0 Å². The molecule has 0 radical (unpaired) electrons. The number of carboxylic acids is 1. The van der Waals surface area contributed by atoms with Crippen LogP contribution in [-0.4, -0.2) is 31.7 Å². The lowest BCUT2D eigenvalue weighted by molar-refractivity contribution is -0.385. The van der Waals surface area contributed by atoms with E-state index < -0.39 is 28.1 Å². The second-order valence-electron chi connectivity index (χ2n) is 3.80. The number of nitrogens with two attached hydrogens (primary N) is 1. The molecule has 0 saturated heterocycles. The predicted octanol–water partition coefficient (Wildman–Crippen LogP) is 0.578. The van der Waals surface area contributed by atoms with E-state index in [9.17, 15) is 19.7 Å². The molecule has 0 aliphatic rings. The van der Waals surface area contributed by atoms with Gasteiger partial charge in [-0.1, -0.05) is 0 Å². The second-order valence-corrected chi connectivity index (χ2v) is 3.80. The van der Waals surface area contributed by atoms with Crippen molar-refractivity contribution in [1.29, 1.82) is 0 Å². The number of hydrogen-bond acceptors (Lipinski definition) is 5. The molecule has 20 heavy (non-hydrogen) atoms. The van der Waals surface area contributed by atoms with Crippen LogP contribution in [0.2, 0.25) is 0 Å². The number of aromatic nitrogens is 2. The first-order chi connectivity index (χ1) is 9.40. The zero-order valence-electron chi connectivity index (χ0n) is 9.89. The van der Waals surface area contributed by atoms with Crippen LogP contribution in [0.5, 0.6) is 0 Å². The van der Waals surface area contributed by atoms with Crippen molar-refractivity contribution in [3.63, 3.8) is 0 Å². The van der Waals surface area contributed by atoms with Crippen molar-refractivity contribution >= 4 is 17.6 Å². The molecular weight excluding hydrogens is 268 g/mol. The summed E-state index contributed by atoms with van der Waals surface area (Å²) in [5, 5.41) is 23.6. The summed E-state index contributed by atoms with van der Waals surface area (Å²) < 4.78 is 1.19. The van der Waals surface area contributed by atoms with Gasteiger partial charge in [0.15, 0.2) is 0 Å². The zero-order chi connectivity index (χ0) is 14.9. The normalized spacial score (nSPS) is 10.2. The van der Waals surface area contributed by atoms with Crippen LogP contribution in [0.25, 0.3) is 5.69 Å². The highest BCUT2D eigenvalue weighted by Gasteiger charge is 2.20. The SMILES string of the molecule is NC(=O)c1cnn(-c2ccc(C(=O)O)c([N+](=O)[O-])c2)c1. The summed E-state index contributed by atoms with van der Waals surface area (Å²) >= 11 is 0. The summed E-state index contributed by atoms with van der Waals surface area (Å²) in [6.07, 6.45) is 2.50. The number of carbonyl (C=O) groups excluding carboxylic acids is 1. The molecule has 0 bridgehead atoms. The first-order valence-electron chi connectivity index (χ1n) is 5.26. The summed E-state index contributed by atoms with van der Waals surface area (Å²) in [6.45, 7) is 0. The van der Waals surface area contributed by atoms with Crippen LogP contribution in [-0.2, 0) is 0 Å². The monoisotopic (exact) mass is 276 g/mol. The van der Waals surface area contributed by atoms with Crippen LogP contribution >= 0.6 is 0 Å². The van der Waals surface area contributed by atoms with Crippen molar-refractivity contribution in [3.8, 4) is 5.69 Å². The van der Waals surface area contributed by atoms with E-state index in [4.69, 9.17) is 10.8 Å². The quantitative estimate of drug-likeness (QED) is 0.617. The van der Waals surface area contributed by atoms with E-state index in [1.165, 1.54) is 23.1 Å². The standard InChI is InChI=1S/C11H8N4O5/c12-10(16)6-4-13-14(5-6)7-1-2-8(11(17)18)9(3-7)15(19)20/h1-5H,(H2,12,16)(H,17,18). The fraction of sp³-hybridized carbons (Fsp3) is 0. The molecule has 0 saturated carbocycles. The van der Waals surface area contributed by atoms with Gasteiger partial charge in [-0.25, -0.2) is 9.48 Å². The van der Waals surface area contributed by atoms with Crippen LogP contribution in [0.15, 0.2) is 30.6 Å². The van der Waals surface area contributed by atoms with Gasteiger partial charge in [-0.3, -0.25) is 14.9 Å². The summed E-state index contributed by atoms with van der Waals surface area (Å²) in [5.41, 5.74) is 4.45. The number of nitro benzene ring substituents is 1. The lowest BCUT2D eigenvalue weighted by atomic mass is 10.1. The summed E-state index contributed by atoms with van der Waals surface area (Å²) in [4.78, 5) is 31.9. The highest BCUT2D eigenvalue weighted by atomic mass is 16.6. The van der Waals surface area contributed by atoms with Gasteiger partial charge < -0.3 is 10.8 Å². The Bertz CT molecular complexity index is 721. The first-order valence-corrected chi connectivity index (χ1v) is 5.26. The Morgan fingerprint density at radius 2 is 2.10 bits per heavy atom. The zero-order valence-corrected chi connectivity index (χ0v) is 9.89. The van der Waals surface area contributed by atoms with Crippen molar-refractivity contribution in [2.24, 2.45) is 5.73 Å². The van der Waals surface area contributed by atoms with Gasteiger partial charge in [-0.05, 0) is 12.1 Å².